The molecule has 0 aliphatic rings. The molecule has 0 atom stereocenters. The number of hydrogen-bond acceptors (Lipinski definition) is 3. The Morgan fingerprint density at radius 3 is 1.40 bits per heavy atom. The van der Waals surface area contributed by atoms with E-state index in [4.69, 9.17) is 14.4 Å². The molecule has 2 heterocycles. The summed E-state index contributed by atoms with van der Waals surface area (Å²) in [4.78, 5) is 18.2. The summed E-state index contributed by atoms with van der Waals surface area (Å²) >= 11 is 0. The molecule has 0 fully saturated rings. The van der Waals surface area contributed by atoms with Gasteiger partial charge >= 0.3 is 0 Å². The molecule has 0 unspecified atom stereocenters. The van der Waals surface area contributed by atoms with Crippen molar-refractivity contribution in [1.29, 1.82) is 0 Å². The summed E-state index contributed by atoms with van der Waals surface area (Å²) < 4.78 is 17.7. The molecule has 7 nitrogen and oxygen atoms in total. The molecule has 8 heteroatoms. The molecule has 0 aromatic carbocycles. The van der Waals surface area contributed by atoms with Crippen LogP contribution in [0.4, 0.5) is 0 Å². The Morgan fingerprint density at radius 1 is 0.880 bits per heavy atom. The third-order valence-electron chi connectivity index (χ3n) is 3.19. The third kappa shape index (κ3) is 15.8. The van der Waals surface area contributed by atoms with E-state index in [1.807, 2.05) is 14.1 Å². The van der Waals surface area contributed by atoms with Gasteiger partial charge in [0.2, 0.25) is 12.7 Å². The molecule has 2 rings (SSSR count). The molecular weight excluding hydrogens is 339 g/mol. The zero-order valence-corrected chi connectivity index (χ0v) is 17.1. The van der Waals surface area contributed by atoms with Crippen LogP contribution in [0.2, 0.25) is 0 Å². The Morgan fingerprint density at radius 2 is 1.20 bits per heavy atom. The Bertz CT molecular complexity index is 566. The van der Waals surface area contributed by atoms with Gasteiger partial charge in [0.05, 0.1) is 27.2 Å². The molecule has 0 saturated heterocycles. The molecule has 2 aromatic rings. The Kier molecular flexibility index (Phi) is 12.1. The Hall–Kier alpha value is -1.43. The van der Waals surface area contributed by atoms with Crippen molar-refractivity contribution >= 4 is 7.60 Å². The quantitative estimate of drug-likeness (QED) is 0.554. The van der Waals surface area contributed by atoms with Crippen molar-refractivity contribution in [3.05, 3.63) is 37.4 Å². The topological polar surface area (TPSA) is 80.8 Å². The monoisotopic (exact) mass is 372 g/mol. The van der Waals surface area contributed by atoms with Crippen molar-refractivity contribution in [1.82, 2.24) is 9.13 Å². The summed E-state index contributed by atoms with van der Waals surface area (Å²) in [6, 6.07) is 0. The van der Waals surface area contributed by atoms with Crippen LogP contribution < -0.4 is 18.9 Å². The van der Waals surface area contributed by atoms with E-state index >= 15 is 0 Å². The van der Waals surface area contributed by atoms with Gasteiger partial charge in [-0.25, -0.2) is 18.3 Å². The predicted octanol–water partition coefficient (Wildman–Crippen LogP) is 0.755. The van der Waals surface area contributed by atoms with Crippen molar-refractivity contribution in [2.45, 2.75) is 52.6 Å². The molecule has 0 spiro atoms. The molecule has 0 aliphatic heterocycles. The van der Waals surface area contributed by atoms with Crippen molar-refractivity contribution in [3.63, 3.8) is 0 Å². The largest absolute Gasteiger partial charge is 0.811 e. The normalized spacial score (nSPS) is 10.5. The standard InChI is InChI=1S/2C8H15N2.CH5O3P/c2*1-3-4-5-10-7-6-9(2)8-10;1-5(2,3)4/h2*6-8H,3-5H2,1-2H3;1H3,(H2,2,3,4)/q2*+1;/p-2. The number of aryl methyl sites for hydroxylation is 4. The van der Waals surface area contributed by atoms with Crippen molar-refractivity contribution < 1.29 is 23.5 Å². The summed E-state index contributed by atoms with van der Waals surface area (Å²) in [5.41, 5.74) is 0. The third-order valence-corrected chi connectivity index (χ3v) is 3.19. The molecule has 0 radical (unpaired) electrons. The average Bonchev–Trinajstić information content (AvgIpc) is 3.10. The molecule has 0 amide bonds. The number of nitrogens with zero attached hydrogens (tertiary/aromatic N) is 4. The lowest BCUT2D eigenvalue weighted by atomic mass is 10.3. The molecular formula is C17H33N4O3P. The van der Waals surface area contributed by atoms with Crippen LogP contribution in [0.1, 0.15) is 39.5 Å². The van der Waals surface area contributed by atoms with Crippen LogP contribution in [-0.2, 0) is 31.7 Å². The highest BCUT2D eigenvalue weighted by atomic mass is 31.2. The van der Waals surface area contributed by atoms with Gasteiger partial charge in [-0.05, 0) is 19.5 Å². The van der Waals surface area contributed by atoms with Gasteiger partial charge < -0.3 is 14.4 Å². The first-order chi connectivity index (χ1) is 11.7. The van der Waals surface area contributed by atoms with Gasteiger partial charge in [0, 0.05) is 0 Å². The first-order valence-electron chi connectivity index (χ1n) is 8.67. The van der Waals surface area contributed by atoms with Gasteiger partial charge in [-0.2, -0.15) is 0 Å². The zero-order valence-electron chi connectivity index (χ0n) is 16.2. The van der Waals surface area contributed by atoms with E-state index in [9.17, 15) is 0 Å². The number of hydrogen-bond donors (Lipinski definition) is 0. The second-order valence-corrected chi connectivity index (χ2v) is 7.65. The fourth-order valence-corrected chi connectivity index (χ4v) is 1.95. The maximum atomic E-state index is 9.10. The molecule has 144 valence electrons. The highest BCUT2D eigenvalue weighted by Gasteiger charge is 1.97. The van der Waals surface area contributed by atoms with E-state index < -0.39 is 7.60 Å². The van der Waals surface area contributed by atoms with Crippen LogP contribution in [0, 0.1) is 0 Å². The van der Waals surface area contributed by atoms with E-state index in [1.165, 1.54) is 25.7 Å². The Labute approximate surface area is 151 Å². The van der Waals surface area contributed by atoms with Crippen LogP contribution >= 0.6 is 7.60 Å². The van der Waals surface area contributed by atoms with Crippen LogP contribution in [0.25, 0.3) is 0 Å². The van der Waals surface area contributed by atoms with E-state index in [0.717, 1.165) is 13.1 Å². The zero-order chi connectivity index (χ0) is 19.3. The van der Waals surface area contributed by atoms with Gasteiger partial charge in [0.25, 0.3) is 0 Å². The van der Waals surface area contributed by atoms with Crippen LogP contribution in [0.5, 0.6) is 0 Å². The predicted molar refractivity (Wildman–Crippen MR) is 94.6 cm³/mol. The van der Waals surface area contributed by atoms with E-state index in [-0.39, 0.29) is 0 Å². The average molecular weight is 372 g/mol. The first-order valence-corrected chi connectivity index (χ1v) is 10.7. The van der Waals surface area contributed by atoms with Gasteiger partial charge in [-0.1, -0.05) is 34.3 Å². The van der Waals surface area contributed by atoms with Gasteiger partial charge in [-0.15, -0.1) is 0 Å². The van der Waals surface area contributed by atoms with Gasteiger partial charge in [0.1, 0.15) is 24.8 Å². The first kappa shape index (κ1) is 23.6. The minimum atomic E-state index is -4.14. The summed E-state index contributed by atoms with van der Waals surface area (Å²) in [5, 5.41) is 0. The number of imidazole rings is 2. The van der Waals surface area contributed by atoms with Gasteiger partial charge in [-0.3, -0.25) is 0 Å². The van der Waals surface area contributed by atoms with E-state index in [0.29, 0.717) is 6.66 Å². The molecule has 0 bridgehead atoms. The molecule has 2 aromatic heterocycles. The SMILES string of the molecule is CCCC[n+]1ccn(C)c1.CCCC[n+]1ccn(C)c1.CP(=O)([O-])[O-]. The molecule has 0 saturated carbocycles. The highest BCUT2D eigenvalue weighted by Crippen LogP contribution is 2.12. The van der Waals surface area contributed by atoms with Crippen molar-refractivity contribution in [3.8, 4) is 0 Å². The highest BCUT2D eigenvalue weighted by molar-refractivity contribution is 7.47. The maximum absolute atomic E-state index is 9.10. The smallest absolute Gasteiger partial charge is 0.243 e. The lowest BCUT2D eigenvalue weighted by Crippen LogP contribution is -2.30. The van der Waals surface area contributed by atoms with Crippen LogP contribution in [-0.4, -0.2) is 15.8 Å². The lowest BCUT2D eigenvalue weighted by molar-refractivity contribution is -0.696. The van der Waals surface area contributed by atoms with Gasteiger partial charge in [0.15, 0.2) is 0 Å². The minimum Gasteiger partial charge on any atom is -0.811 e. The van der Waals surface area contributed by atoms with Crippen LogP contribution in [0.15, 0.2) is 37.4 Å². The summed E-state index contributed by atoms with van der Waals surface area (Å²) in [6.07, 6.45) is 17.6. The van der Waals surface area contributed by atoms with Crippen molar-refractivity contribution in [2.75, 3.05) is 6.66 Å². The second-order valence-electron chi connectivity index (χ2n) is 6.11. The molecule has 25 heavy (non-hydrogen) atoms. The fraction of sp³-hybridized carbons (Fsp3) is 0.647. The summed E-state index contributed by atoms with van der Waals surface area (Å²) in [6.45, 7) is 7.36. The lowest BCUT2D eigenvalue weighted by Gasteiger charge is -2.22. The van der Waals surface area contributed by atoms with Crippen LogP contribution in [0.3, 0.4) is 0 Å². The second kappa shape index (κ2) is 12.9. The summed E-state index contributed by atoms with van der Waals surface area (Å²) in [7, 11) is -0.0507. The summed E-state index contributed by atoms with van der Waals surface area (Å²) in [5.74, 6) is 0. The molecule has 0 aliphatic carbocycles. The Balaban J connectivity index is 0.000000368. The van der Waals surface area contributed by atoms with E-state index in [2.05, 4.69) is 69.6 Å². The number of unbranched alkanes of at least 4 members (excludes halogenated alkanes) is 2. The number of rotatable bonds is 6. The van der Waals surface area contributed by atoms with E-state index in [1.54, 1.807) is 0 Å². The number of aromatic nitrogens is 4. The van der Waals surface area contributed by atoms with Crippen molar-refractivity contribution in [2.24, 2.45) is 14.1 Å². The maximum Gasteiger partial charge on any atom is 0.243 e. The minimum absolute atomic E-state index is 0.632. The fourth-order valence-electron chi connectivity index (χ4n) is 1.95. The molecule has 0 N–H and O–H groups in total.